The molecule has 178 valence electrons. The maximum Gasteiger partial charge on any atom is 0.155 e. The molecule has 0 aliphatic carbocycles. The fourth-order valence-corrected chi connectivity index (χ4v) is 4.10. The summed E-state index contributed by atoms with van der Waals surface area (Å²) in [4.78, 5) is 0. The van der Waals surface area contributed by atoms with Gasteiger partial charge in [0.15, 0.2) is 5.15 Å². The van der Waals surface area contributed by atoms with Crippen LogP contribution in [0.2, 0.25) is 30.8 Å². The Morgan fingerprint density at radius 3 is 2.44 bits per heavy atom. The number of benzene rings is 1. The number of ether oxygens (including phenoxy) is 4. The minimum absolute atomic E-state index is 0.270. The zero-order chi connectivity index (χ0) is 23.8. The fourth-order valence-electron chi connectivity index (χ4n) is 2.99. The van der Waals surface area contributed by atoms with Crippen LogP contribution in [0.4, 0.5) is 5.82 Å². The second kappa shape index (κ2) is 11.8. The monoisotopic (exact) mass is 481 g/mol. The van der Waals surface area contributed by atoms with Crippen molar-refractivity contribution in [3.63, 3.8) is 0 Å². The number of nitrogens with one attached hydrogen (secondary N) is 1. The van der Waals surface area contributed by atoms with Crippen molar-refractivity contribution in [1.82, 2.24) is 10.2 Å². The van der Waals surface area contributed by atoms with Gasteiger partial charge in [-0.1, -0.05) is 45.1 Å². The van der Waals surface area contributed by atoms with E-state index in [1.807, 2.05) is 24.3 Å². The van der Waals surface area contributed by atoms with Gasteiger partial charge in [-0.05, 0) is 24.2 Å². The molecule has 0 aliphatic heterocycles. The minimum atomic E-state index is -1.10. The standard InChI is InChI=1S/C23H36ClN3O4Si/c1-23(2,15-31-16-30-10-11-32(5,6)7)19-13-21(26-27-22(19)24)25-14-17-8-9-18(28-3)12-20(17)29-4/h8-9,12-13H,10-11,14-16H2,1-7H3,(H,25,26). The molecule has 0 fully saturated rings. The quantitative estimate of drug-likeness (QED) is 0.234. The molecule has 0 unspecified atom stereocenters. The summed E-state index contributed by atoms with van der Waals surface area (Å²) in [6, 6.07) is 8.73. The number of methoxy groups -OCH3 is 2. The normalized spacial score (nSPS) is 12.0. The summed E-state index contributed by atoms with van der Waals surface area (Å²) in [6.07, 6.45) is 0. The summed E-state index contributed by atoms with van der Waals surface area (Å²) < 4.78 is 22.1. The second-order valence-corrected chi connectivity index (χ2v) is 15.5. The Hall–Kier alpha value is -1.87. The van der Waals surface area contributed by atoms with Gasteiger partial charge in [-0.2, -0.15) is 0 Å². The average molecular weight is 482 g/mol. The van der Waals surface area contributed by atoms with Crippen LogP contribution in [0.25, 0.3) is 0 Å². The van der Waals surface area contributed by atoms with E-state index >= 15 is 0 Å². The Labute approximate surface area is 197 Å². The molecule has 1 aromatic carbocycles. The first kappa shape index (κ1) is 26.4. The third-order valence-corrected chi connectivity index (χ3v) is 7.04. The molecule has 1 aromatic heterocycles. The summed E-state index contributed by atoms with van der Waals surface area (Å²) in [5.41, 5.74) is 1.48. The molecule has 0 atom stereocenters. The molecule has 2 rings (SSSR count). The molecule has 0 saturated carbocycles. The maximum absolute atomic E-state index is 6.37. The predicted octanol–water partition coefficient (Wildman–Crippen LogP) is 5.37. The van der Waals surface area contributed by atoms with E-state index in [9.17, 15) is 0 Å². The van der Waals surface area contributed by atoms with Crippen LogP contribution < -0.4 is 14.8 Å². The van der Waals surface area contributed by atoms with Gasteiger partial charge in [-0.15, -0.1) is 10.2 Å². The largest absolute Gasteiger partial charge is 0.497 e. The average Bonchev–Trinajstić information content (AvgIpc) is 2.74. The van der Waals surface area contributed by atoms with Gasteiger partial charge >= 0.3 is 0 Å². The second-order valence-electron chi connectivity index (χ2n) is 9.53. The van der Waals surface area contributed by atoms with Gasteiger partial charge in [0, 0.05) is 43.8 Å². The lowest BCUT2D eigenvalue weighted by molar-refractivity contribution is -0.0622. The highest BCUT2D eigenvalue weighted by molar-refractivity contribution is 6.76. The van der Waals surface area contributed by atoms with Gasteiger partial charge < -0.3 is 24.3 Å². The van der Waals surface area contributed by atoms with Crippen molar-refractivity contribution >= 4 is 25.5 Å². The molecule has 0 saturated heterocycles. The van der Waals surface area contributed by atoms with Crippen LogP contribution in [0.15, 0.2) is 24.3 Å². The van der Waals surface area contributed by atoms with Crippen LogP contribution in [-0.4, -0.2) is 52.5 Å². The topological polar surface area (TPSA) is 74.7 Å². The molecular weight excluding hydrogens is 446 g/mol. The van der Waals surface area contributed by atoms with Crippen LogP contribution in [0.5, 0.6) is 11.5 Å². The molecule has 1 heterocycles. The SMILES string of the molecule is COc1ccc(CNc2cc(C(C)(C)COCOCC[Si](C)(C)C)c(Cl)nn2)c(OC)c1. The highest BCUT2D eigenvalue weighted by atomic mass is 35.5. The first-order chi connectivity index (χ1) is 15.1. The zero-order valence-electron chi connectivity index (χ0n) is 20.3. The number of nitrogens with zero attached hydrogens (tertiary/aromatic N) is 2. The Balaban J connectivity index is 1.97. The fraction of sp³-hybridized carbons (Fsp3) is 0.565. The Morgan fingerprint density at radius 2 is 1.78 bits per heavy atom. The highest BCUT2D eigenvalue weighted by Gasteiger charge is 2.26. The van der Waals surface area contributed by atoms with Gasteiger partial charge in [-0.25, -0.2) is 0 Å². The van der Waals surface area contributed by atoms with Crippen molar-refractivity contribution in [3.8, 4) is 11.5 Å². The van der Waals surface area contributed by atoms with Crippen LogP contribution in [0.1, 0.15) is 25.0 Å². The Morgan fingerprint density at radius 1 is 1.03 bits per heavy atom. The van der Waals surface area contributed by atoms with Gasteiger partial charge in [-0.3, -0.25) is 0 Å². The Bertz CT molecular complexity index is 875. The lowest BCUT2D eigenvalue weighted by atomic mass is 9.87. The molecule has 1 N–H and O–H groups in total. The third-order valence-electron chi connectivity index (χ3n) is 5.06. The van der Waals surface area contributed by atoms with Gasteiger partial charge in [0.1, 0.15) is 24.1 Å². The van der Waals surface area contributed by atoms with Crippen molar-refractivity contribution in [2.24, 2.45) is 0 Å². The summed E-state index contributed by atoms with van der Waals surface area (Å²) in [5.74, 6) is 2.11. The summed E-state index contributed by atoms with van der Waals surface area (Å²) in [7, 11) is 2.16. The van der Waals surface area contributed by atoms with Crippen LogP contribution in [0.3, 0.4) is 0 Å². The van der Waals surface area contributed by atoms with Gasteiger partial charge in [0.2, 0.25) is 0 Å². The molecule has 0 aliphatic rings. The number of anilines is 1. The molecule has 32 heavy (non-hydrogen) atoms. The van der Waals surface area contributed by atoms with Crippen molar-refractivity contribution < 1.29 is 18.9 Å². The molecule has 0 bridgehead atoms. The lowest BCUT2D eigenvalue weighted by Crippen LogP contribution is -2.27. The lowest BCUT2D eigenvalue weighted by Gasteiger charge is -2.26. The molecule has 7 nitrogen and oxygen atoms in total. The molecule has 0 radical (unpaired) electrons. The third kappa shape index (κ3) is 8.24. The van der Waals surface area contributed by atoms with Crippen LogP contribution in [-0.2, 0) is 21.4 Å². The molecule has 2 aromatic rings. The molecule has 0 amide bonds. The van der Waals surface area contributed by atoms with Crippen LogP contribution >= 0.6 is 11.6 Å². The van der Waals surface area contributed by atoms with E-state index in [2.05, 4.69) is 49.0 Å². The number of halogens is 1. The maximum atomic E-state index is 6.37. The van der Waals surface area contributed by atoms with E-state index in [0.29, 0.717) is 24.1 Å². The highest BCUT2D eigenvalue weighted by Crippen LogP contribution is 2.31. The summed E-state index contributed by atoms with van der Waals surface area (Å²) >= 11 is 6.37. The van der Waals surface area contributed by atoms with Crippen molar-refractivity contribution in [1.29, 1.82) is 0 Å². The van der Waals surface area contributed by atoms with Crippen LogP contribution in [0, 0.1) is 0 Å². The first-order valence-electron chi connectivity index (χ1n) is 10.7. The smallest absolute Gasteiger partial charge is 0.155 e. The van der Waals surface area contributed by atoms with E-state index in [4.69, 9.17) is 30.5 Å². The van der Waals surface area contributed by atoms with Crippen molar-refractivity contribution in [2.75, 3.05) is 39.5 Å². The number of aromatic nitrogens is 2. The predicted molar refractivity (Wildman–Crippen MR) is 132 cm³/mol. The zero-order valence-corrected chi connectivity index (χ0v) is 22.0. The van der Waals surface area contributed by atoms with Gasteiger partial charge in [0.25, 0.3) is 0 Å². The molecule has 9 heteroatoms. The molecular formula is C23H36ClN3O4Si. The first-order valence-corrected chi connectivity index (χ1v) is 14.8. The van der Waals surface area contributed by atoms with E-state index in [1.165, 1.54) is 0 Å². The van der Waals surface area contributed by atoms with Crippen molar-refractivity contribution in [2.45, 2.75) is 51.5 Å². The summed E-state index contributed by atoms with van der Waals surface area (Å²) in [5, 5.41) is 12.0. The van der Waals surface area contributed by atoms with E-state index in [1.54, 1.807) is 14.2 Å². The molecule has 0 spiro atoms. The minimum Gasteiger partial charge on any atom is -0.497 e. The van der Waals surface area contributed by atoms with E-state index < -0.39 is 8.07 Å². The number of hydrogen-bond donors (Lipinski definition) is 1. The van der Waals surface area contributed by atoms with E-state index in [0.717, 1.165) is 35.3 Å². The van der Waals surface area contributed by atoms with Gasteiger partial charge in [0.05, 0.1) is 20.8 Å². The van der Waals surface area contributed by atoms with E-state index in [-0.39, 0.29) is 12.2 Å². The van der Waals surface area contributed by atoms with Crippen molar-refractivity contribution in [3.05, 3.63) is 40.5 Å². The Kier molecular flexibility index (Phi) is 9.76. The summed E-state index contributed by atoms with van der Waals surface area (Å²) in [6.45, 7) is 13.1. The number of rotatable bonds is 13. The number of hydrogen-bond acceptors (Lipinski definition) is 7.